The van der Waals surface area contributed by atoms with Crippen molar-refractivity contribution < 1.29 is 4.79 Å². The van der Waals surface area contributed by atoms with Gasteiger partial charge in [0.1, 0.15) is 22.4 Å². The number of aromatic nitrogens is 4. The zero-order valence-electron chi connectivity index (χ0n) is 13.8. The molecule has 0 bridgehead atoms. The second-order valence-electron chi connectivity index (χ2n) is 5.80. The van der Waals surface area contributed by atoms with Crippen molar-refractivity contribution in [3.05, 3.63) is 47.7 Å². The van der Waals surface area contributed by atoms with Crippen LogP contribution in [0.25, 0.3) is 0 Å². The number of benzene rings is 1. The number of fused-ring (bicyclic) bond motifs is 2. The molecule has 0 radical (unpaired) electrons. The minimum Gasteiger partial charge on any atom is -0.383 e. The number of imidazole rings is 1. The third kappa shape index (κ3) is 2.74. The molecule has 0 saturated heterocycles. The second kappa shape index (κ2) is 5.89. The van der Waals surface area contributed by atoms with E-state index in [0.717, 1.165) is 32.8 Å². The average molecular weight is 352 g/mol. The molecule has 3 N–H and O–H groups in total. The number of nitrogens with two attached hydrogens (primary N) is 1. The molecule has 3 aromatic rings. The van der Waals surface area contributed by atoms with Gasteiger partial charge in [0.15, 0.2) is 11.6 Å². The van der Waals surface area contributed by atoms with Crippen LogP contribution in [0.3, 0.4) is 0 Å². The molecule has 3 heterocycles. The number of anilines is 3. The number of nitrogen functional groups attached to an aromatic ring is 1. The zero-order valence-corrected chi connectivity index (χ0v) is 14.6. The molecule has 25 heavy (non-hydrogen) atoms. The number of nitrogens with one attached hydrogen (secondary N) is 1. The van der Waals surface area contributed by atoms with Gasteiger partial charge in [0, 0.05) is 24.2 Å². The molecule has 4 rings (SSSR count). The van der Waals surface area contributed by atoms with E-state index in [1.54, 1.807) is 24.2 Å². The van der Waals surface area contributed by atoms with Gasteiger partial charge < -0.3 is 15.6 Å². The monoisotopic (exact) mass is 352 g/mol. The fraction of sp³-hybridized carbons (Fsp3) is 0.176. The first-order valence-electron chi connectivity index (χ1n) is 7.75. The van der Waals surface area contributed by atoms with Crippen LogP contribution in [0.5, 0.6) is 0 Å². The van der Waals surface area contributed by atoms with Crippen molar-refractivity contribution in [3.63, 3.8) is 0 Å². The van der Waals surface area contributed by atoms with Crippen LogP contribution in [-0.2, 0) is 6.54 Å². The summed E-state index contributed by atoms with van der Waals surface area (Å²) in [5.41, 5.74) is 8.46. The fourth-order valence-corrected chi connectivity index (χ4v) is 3.68. The number of nitrogens with zero attached hydrogens (tertiary/aromatic N) is 4. The van der Waals surface area contributed by atoms with E-state index in [1.165, 1.54) is 6.92 Å². The van der Waals surface area contributed by atoms with Crippen LogP contribution in [0.1, 0.15) is 28.8 Å². The highest BCUT2D eigenvalue weighted by Crippen LogP contribution is 2.42. The quantitative estimate of drug-likeness (QED) is 0.547. The maximum Gasteiger partial charge on any atom is 0.181 e. The predicted molar refractivity (Wildman–Crippen MR) is 96.4 cm³/mol. The van der Waals surface area contributed by atoms with Gasteiger partial charge in [0.2, 0.25) is 0 Å². The van der Waals surface area contributed by atoms with E-state index in [4.69, 9.17) is 5.73 Å². The standard InChI is InChI=1S/C17H16N6OS/c1-9(24)14-15(18)23(10(2)21-14)8-11-3-4-13-12(7-11)22-16-17(25-13)20-6-5-19-16/h3-7H,8,18H2,1-2H3,(H,19,22). The summed E-state index contributed by atoms with van der Waals surface area (Å²) in [5.74, 6) is 1.76. The minimum absolute atomic E-state index is 0.127. The molecule has 126 valence electrons. The number of aryl methyl sites for hydroxylation is 1. The van der Waals surface area contributed by atoms with E-state index in [-0.39, 0.29) is 5.78 Å². The number of carbonyl (C=O) groups excluding carboxylic acids is 1. The molecule has 2 aromatic heterocycles. The molecule has 0 saturated carbocycles. The second-order valence-corrected chi connectivity index (χ2v) is 6.83. The molecule has 0 spiro atoms. The van der Waals surface area contributed by atoms with Gasteiger partial charge in [-0.25, -0.2) is 15.0 Å². The highest BCUT2D eigenvalue weighted by atomic mass is 32.2. The lowest BCUT2D eigenvalue weighted by molar-refractivity contribution is 0.101. The summed E-state index contributed by atoms with van der Waals surface area (Å²) < 4.78 is 1.85. The highest BCUT2D eigenvalue weighted by Gasteiger charge is 2.19. The van der Waals surface area contributed by atoms with Crippen molar-refractivity contribution in [2.45, 2.75) is 30.3 Å². The number of ketones is 1. The highest BCUT2D eigenvalue weighted by molar-refractivity contribution is 7.99. The zero-order chi connectivity index (χ0) is 17.6. The number of carbonyl (C=O) groups is 1. The lowest BCUT2D eigenvalue weighted by Crippen LogP contribution is -2.09. The van der Waals surface area contributed by atoms with Gasteiger partial charge in [-0.1, -0.05) is 17.8 Å². The van der Waals surface area contributed by atoms with Crippen molar-refractivity contribution in [2.24, 2.45) is 0 Å². The first-order chi connectivity index (χ1) is 12.0. The topological polar surface area (TPSA) is 98.7 Å². The lowest BCUT2D eigenvalue weighted by Gasteiger charge is -2.19. The lowest BCUT2D eigenvalue weighted by atomic mass is 10.2. The van der Waals surface area contributed by atoms with Gasteiger partial charge in [0.05, 0.1) is 12.2 Å². The van der Waals surface area contributed by atoms with Crippen molar-refractivity contribution in [1.82, 2.24) is 19.5 Å². The minimum atomic E-state index is -0.127. The first-order valence-corrected chi connectivity index (χ1v) is 8.57. The summed E-state index contributed by atoms with van der Waals surface area (Å²) in [5, 5.41) is 4.18. The molecular weight excluding hydrogens is 336 g/mol. The van der Waals surface area contributed by atoms with Gasteiger partial charge in [0.25, 0.3) is 0 Å². The van der Waals surface area contributed by atoms with E-state index < -0.39 is 0 Å². The van der Waals surface area contributed by atoms with Crippen LogP contribution in [0, 0.1) is 6.92 Å². The summed E-state index contributed by atoms with van der Waals surface area (Å²) >= 11 is 1.59. The van der Waals surface area contributed by atoms with Crippen LogP contribution in [0.15, 0.2) is 40.5 Å². The SMILES string of the molecule is CC(=O)c1nc(C)n(Cc2ccc3c(c2)Nc2nccnc2S3)c1N. The van der Waals surface area contributed by atoms with Gasteiger partial charge >= 0.3 is 0 Å². The molecule has 0 unspecified atom stereocenters. The maximum absolute atomic E-state index is 11.6. The molecule has 0 amide bonds. The molecule has 0 aliphatic carbocycles. The Kier molecular flexibility index (Phi) is 3.69. The van der Waals surface area contributed by atoms with Crippen LogP contribution in [0.2, 0.25) is 0 Å². The number of hydrogen-bond acceptors (Lipinski definition) is 7. The Morgan fingerprint density at radius 2 is 2.12 bits per heavy atom. The summed E-state index contributed by atoms with van der Waals surface area (Å²) in [6, 6.07) is 6.15. The number of rotatable bonds is 3. The fourth-order valence-electron chi connectivity index (χ4n) is 2.80. The summed E-state index contributed by atoms with van der Waals surface area (Å²) in [4.78, 5) is 25.6. The Bertz CT molecular complexity index is 997. The van der Waals surface area contributed by atoms with E-state index >= 15 is 0 Å². The summed E-state index contributed by atoms with van der Waals surface area (Å²) in [6.07, 6.45) is 3.35. The molecule has 0 atom stereocenters. The molecule has 0 fully saturated rings. The molecule has 7 nitrogen and oxygen atoms in total. The number of Topliss-reactive ketones (excluding diaryl/α,β-unsaturated/α-hetero) is 1. The van der Waals surface area contributed by atoms with E-state index in [9.17, 15) is 4.79 Å². The molecule has 1 aliphatic heterocycles. The van der Waals surface area contributed by atoms with E-state index in [2.05, 4.69) is 26.3 Å². The normalized spacial score (nSPS) is 12.2. The summed E-state index contributed by atoms with van der Waals surface area (Å²) in [7, 11) is 0. The van der Waals surface area contributed by atoms with Gasteiger partial charge in [-0.3, -0.25) is 4.79 Å². The predicted octanol–water partition coefficient (Wildman–Crippen LogP) is 3.02. The van der Waals surface area contributed by atoms with Gasteiger partial charge in [-0.15, -0.1) is 0 Å². The third-order valence-corrected chi connectivity index (χ3v) is 5.11. The Hall–Kier alpha value is -2.87. The smallest absolute Gasteiger partial charge is 0.181 e. The van der Waals surface area contributed by atoms with Gasteiger partial charge in [-0.05, 0) is 24.6 Å². The first kappa shape index (κ1) is 15.6. The molecule has 1 aliphatic rings. The maximum atomic E-state index is 11.6. The average Bonchev–Trinajstić information content (AvgIpc) is 2.88. The van der Waals surface area contributed by atoms with Crippen LogP contribution in [0.4, 0.5) is 17.3 Å². The summed E-state index contributed by atoms with van der Waals surface area (Å²) in [6.45, 7) is 3.87. The van der Waals surface area contributed by atoms with Crippen molar-refractivity contribution in [1.29, 1.82) is 0 Å². The molecular formula is C17H16N6OS. The Balaban J connectivity index is 1.65. The third-order valence-electron chi connectivity index (χ3n) is 4.04. The van der Waals surface area contributed by atoms with E-state index in [1.807, 2.05) is 23.6 Å². The molecule has 1 aromatic carbocycles. The van der Waals surface area contributed by atoms with Crippen LogP contribution in [-0.4, -0.2) is 25.3 Å². The Morgan fingerprint density at radius 3 is 2.88 bits per heavy atom. The largest absolute Gasteiger partial charge is 0.383 e. The van der Waals surface area contributed by atoms with Crippen LogP contribution < -0.4 is 11.1 Å². The molecule has 8 heteroatoms. The van der Waals surface area contributed by atoms with Crippen molar-refractivity contribution in [2.75, 3.05) is 11.1 Å². The van der Waals surface area contributed by atoms with E-state index in [0.29, 0.717) is 18.1 Å². The van der Waals surface area contributed by atoms with Gasteiger partial charge in [-0.2, -0.15) is 0 Å². The van der Waals surface area contributed by atoms with Crippen molar-refractivity contribution in [3.8, 4) is 0 Å². The Morgan fingerprint density at radius 1 is 1.32 bits per heavy atom. The van der Waals surface area contributed by atoms with Crippen molar-refractivity contribution >= 4 is 34.9 Å². The number of hydrogen-bond donors (Lipinski definition) is 2. The van der Waals surface area contributed by atoms with Crippen LogP contribution >= 0.6 is 11.8 Å². The Labute approximate surface area is 148 Å².